The molecule has 33 heavy (non-hydrogen) atoms. The minimum atomic E-state index is -3.82. The van der Waals surface area contributed by atoms with Gasteiger partial charge in [0.25, 0.3) is 5.91 Å². The maximum absolute atomic E-state index is 13.2. The summed E-state index contributed by atoms with van der Waals surface area (Å²) in [6, 6.07) is 10.7. The van der Waals surface area contributed by atoms with Crippen LogP contribution in [0.5, 0.6) is 0 Å². The first-order chi connectivity index (χ1) is 15.7. The number of hydrogen-bond donors (Lipinski definition) is 2. The molecule has 2 aromatic carbocycles. The van der Waals surface area contributed by atoms with Gasteiger partial charge in [-0.15, -0.1) is 10.2 Å². The van der Waals surface area contributed by atoms with E-state index in [-0.39, 0.29) is 15.8 Å². The van der Waals surface area contributed by atoms with Crippen LogP contribution in [-0.4, -0.2) is 41.3 Å². The van der Waals surface area contributed by atoms with E-state index in [1.54, 1.807) is 0 Å². The molecule has 0 unspecified atom stereocenters. The lowest BCUT2D eigenvalue weighted by molar-refractivity contribution is -0.114. The second-order valence-corrected chi connectivity index (χ2v) is 10.3. The number of anilines is 2. The van der Waals surface area contributed by atoms with E-state index < -0.39 is 27.8 Å². The molecule has 172 valence electrons. The number of sulfonamides is 1. The van der Waals surface area contributed by atoms with Crippen LogP contribution in [0.15, 0.2) is 53.4 Å². The summed E-state index contributed by atoms with van der Waals surface area (Å²) in [4.78, 5) is 23.8. The van der Waals surface area contributed by atoms with Crippen LogP contribution in [0.3, 0.4) is 0 Å². The quantitative estimate of drug-likeness (QED) is 0.547. The average molecular weight is 490 g/mol. The van der Waals surface area contributed by atoms with Gasteiger partial charge in [0.1, 0.15) is 10.8 Å². The lowest BCUT2D eigenvalue weighted by Crippen LogP contribution is -2.30. The molecule has 0 bridgehead atoms. The Bertz CT molecular complexity index is 1280. The third-order valence-electron chi connectivity index (χ3n) is 5.01. The summed E-state index contributed by atoms with van der Waals surface area (Å²) in [7, 11) is -3.82. The fourth-order valence-electron chi connectivity index (χ4n) is 3.50. The van der Waals surface area contributed by atoms with E-state index in [9.17, 15) is 22.4 Å². The Morgan fingerprint density at radius 2 is 1.67 bits per heavy atom. The van der Waals surface area contributed by atoms with Gasteiger partial charge in [-0.05, 0) is 61.4 Å². The van der Waals surface area contributed by atoms with Gasteiger partial charge in [-0.25, -0.2) is 12.8 Å². The first-order valence-corrected chi connectivity index (χ1v) is 12.3. The molecule has 2 amide bonds. The van der Waals surface area contributed by atoms with E-state index in [4.69, 9.17) is 0 Å². The van der Waals surface area contributed by atoms with Crippen LogP contribution in [-0.2, 0) is 14.8 Å². The van der Waals surface area contributed by atoms with E-state index >= 15 is 0 Å². The number of nitrogens with zero attached hydrogens (tertiary/aromatic N) is 3. The van der Waals surface area contributed by atoms with Crippen molar-refractivity contribution in [3.05, 3.63) is 64.4 Å². The Morgan fingerprint density at radius 3 is 2.33 bits per heavy atom. The molecule has 1 aromatic heterocycles. The monoisotopic (exact) mass is 489 g/mol. The van der Waals surface area contributed by atoms with E-state index in [1.807, 2.05) is 0 Å². The minimum absolute atomic E-state index is 0.0817. The highest BCUT2D eigenvalue weighted by atomic mass is 32.2. The molecular weight excluding hydrogens is 469 g/mol. The predicted octanol–water partition coefficient (Wildman–Crippen LogP) is 3.41. The normalized spacial score (nSPS) is 16.5. The van der Waals surface area contributed by atoms with Crippen molar-refractivity contribution >= 4 is 44.5 Å². The highest BCUT2D eigenvalue weighted by Crippen LogP contribution is 2.38. The van der Waals surface area contributed by atoms with Crippen LogP contribution in [0.1, 0.15) is 40.6 Å². The number of hydrogen-bond acceptors (Lipinski definition) is 7. The van der Waals surface area contributed by atoms with Crippen molar-refractivity contribution < 1.29 is 22.4 Å². The van der Waals surface area contributed by atoms with Crippen molar-refractivity contribution in [3.63, 3.8) is 0 Å². The van der Waals surface area contributed by atoms with E-state index in [2.05, 4.69) is 20.8 Å². The maximum atomic E-state index is 13.2. The van der Waals surface area contributed by atoms with Crippen molar-refractivity contribution in [2.24, 2.45) is 0 Å². The maximum Gasteiger partial charge on any atom is 0.286 e. The molecule has 0 aliphatic carbocycles. The lowest BCUT2D eigenvalue weighted by atomic mass is 10.2. The topological polar surface area (TPSA) is 121 Å². The van der Waals surface area contributed by atoms with Gasteiger partial charge in [0.2, 0.25) is 20.9 Å². The van der Waals surface area contributed by atoms with Crippen molar-refractivity contribution in [3.8, 4) is 0 Å². The van der Waals surface area contributed by atoms with Crippen LogP contribution < -0.4 is 10.6 Å². The van der Waals surface area contributed by atoms with Gasteiger partial charge in [-0.3, -0.25) is 9.59 Å². The van der Waals surface area contributed by atoms with Crippen molar-refractivity contribution in [1.82, 2.24) is 14.5 Å². The fourth-order valence-corrected chi connectivity index (χ4v) is 6.12. The molecular formula is C21H20FN5O4S2. The summed E-state index contributed by atoms with van der Waals surface area (Å²) in [6.45, 7) is 1.69. The molecule has 9 nitrogen and oxygen atoms in total. The van der Waals surface area contributed by atoms with Gasteiger partial charge in [-0.1, -0.05) is 11.3 Å². The van der Waals surface area contributed by atoms with Crippen LogP contribution in [0.4, 0.5) is 15.8 Å². The van der Waals surface area contributed by atoms with E-state index in [0.29, 0.717) is 35.8 Å². The molecule has 2 N–H and O–H groups in total. The summed E-state index contributed by atoms with van der Waals surface area (Å²) in [6.07, 6.45) is 1.20. The molecule has 1 aliphatic rings. The van der Waals surface area contributed by atoms with Gasteiger partial charge in [0, 0.05) is 24.8 Å². The summed E-state index contributed by atoms with van der Waals surface area (Å²) in [5, 5.41) is 13.7. The summed E-state index contributed by atoms with van der Waals surface area (Å²) in [5.74, 6) is -1.18. The molecule has 0 saturated carbocycles. The second-order valence-electron chi connectivity index (χ2n) is 7.39. The van der Waals surface area contributed by atoms with Crippen molar-refractivity contribution in [2.45, 2.75) is 30.7 Å². The lowest BCUT2D eigenvalue weighted by Gasteiger charge is -2.22. The number of carbonyl (C=O) groups is 2. The summed E-state index contributed by atoms with van der Waals surface area (Å²) < 4.78 is 40.9. The fraction of sp³-hybridized carbons (Fsp3) is 0.238. The van der Waals surface area contributed by atoms with Gasteiger partial charge < -0.3 is 10.6 Å². The molecule has 12 heteroatoms. The number of amides is 2. The number of aromatic nitrogens is 2. The largest absolute Gasteiger partial charge is 0.326 e. The molecule has 0 radical (unpaired) electrons. The second kappa shape index (κ2) is 9.33. The molecule has 1 aliphatic heterocycles. The predicted molar refractivity (Wildman–Crippen MR) is 121 cm³/mol. The molecule has 4 rings (SSSR count). The van der Waals surface area contributed by atoms with Crippen LogP contribution >= 0.6 is 11.3 Å². The highest BCUT2D eigenvalue weighted by Gasteiger charge is 2.38. The minimum Gasteiger partial charge on any atom is -0.326 e. The zero-order valence-corrected chi connectivity index (χ0v) is 19.1. The number of rotatable bonds is 6. The van der Waals surface area contributed by atoms with Gasteiger partial charge in [0.15, 0.2) is 0 Å². The first-order valence-electron chi connectivity index (χ1n) is 10.0. The summed E-state index contributed by atoms with van der Waals surface area (Å²) in [5.41, 5.74) is 0.909. The van der Waals surface area contributed by atoms with E-state index in [1.165, 1.54) is 59.8 Å². The van der Waals surface area contributed by atoms with Gasteiger partial charge in [-0.2, -0.15) is 4.31 Å². The molecule has 1 fully saturated rings. The van der Waals surface area contributed by atoms with Crippen molar-refractivity contribution in [1.29, 1.82) is 0 Å². The molecule has 0 spiro atoms. The summed E-state index contributed by atoms with van der Waals surface area (Å²) >= 11 is 1.02. The van der Waals surface area contributed by atoms with Crippen LogP contribution in [0, 0.1) is 5.82 Å². The molecule has 2 heterocycles. The van der Waals surface area contributed by atoms with Gasteiger partial charge in [0.05, 0.1) is 10.9 Å². The average Bonchev–Trinajstić information content (AvgIpc) is 3.45. The third-order valence-corrected chi connectivity index (χ3v) is 7.95. The third kappa shape index (κ3) is 5.07. The Labute approximate surface area is 193 Å². The SMILES string of the molecule is CC(=O)Nc1ccc(S(=O)(=O)N2CCC[C@H]2c2nnc(C(=O)Nc3ccc(F)cc3)s2)cc1. The van der Waals surface area contributed by atoms with Crippen LogP contribution in [0.2, 0.25) is 0 Å². The number of nitrogens with one attached hydrogen (secondary N) is 2. The number of halogens is 1. The number of carbonyl (C=O) groups excluding carboxylic acids is 2. The van der Waals surface area contributed by atoms with Crippen LogP contribution in [0.25, 0.3) is 0 Å². The molecule has 1 saturated heterocycles. The Morgan fingerprint density at radius 1 is 1.03 bits per heavy atom. The Hall–Kier alpha value is -3.22. The Balaban J connectivity index is 1.51. The highest BCUT2D eigenvalue weighted by molar-refractivity contribution is 7.89. The van der Waals surface area contributed by atoms with Crippen molar-refractivity contribution in [2.75, 3.05) is 17.2 Å². The molecule has 3 aromatic rings. The number of benzene rings is 2. The standard InChI is InChI=1S/C21H20FN5O4S2/c1-13(28)23-15-8-10-17(11-9-15)33(30,31)27-12-2-3-18(27)20-25-26-21(32-20)19(29)24-16-6-4-14(22)5-7-16/h4-11,18H,2-3,12H2,1H3,(H,23,28)(H,24,29)/t18-/m0/s1. The Kier molecular flexibility index (Phi) is 6.49. The zero-order chi connectivity index (χ0) is 23.6. The van der Waals surface area contributed by atoms with E-state index in [0.717, 1.165) is 11.3 Å². The van der Waals surface area contributed by atoms with Gasteiger partial charge >= 0.3 is 0 Å². The zero-order valence-electron chi connectivity index (χ0n) is 17.5. The smallest absolute Gasteiger partial charge is 0.286 e. The first kappa shape index (κ1) is 23.0. The molecule has 1 atom stereocenters.